The van der Waals surface area contributed by atoms with E-state index in [-0.39, 0.29) is 5.41 Å². The fourth-order valence-corrected chi connectivity index (χ4v) is 3.62. The van der Waals surface area contributed by atoms with Gasteiger partial charge in [-0.25, -0.2) is 0 Å². The minimum Gasteiger partial charge on any atom is -0.491 e. The van der Waals surface area contributed by atoms with Crippen molar-refractivity contribution in [2.24, 2.45) is 11.7 Å². The average molecular weight is 310 g/mol. The number of halogens is 1. The predicted octanol–water partition coefficient (Wildman–Crippen LogP) is 3.91. The minimum atomic E-state index is 0.0631. The summed E-state index contributed by atoms with van der Waals surface area (Å²) in [4.78, 5) is 0. The molecule has 2 N–H and O–H groups in total. The van der Waals surface area contributed by atoms with E-state index >= 15 is 0 Å². The van der Waals surface area contributed by atoms with Crippen LogP contribution >= 0.6 is 11.6 Å². The molecule has 0 aliphatic heterocycles. The molecule has 0 bridgehead atoms. The van der Waals surface area contributed by atoms with Gasteiger partial charge in [-0.3, -0.25) is 0 Å². The summed E-state index contributed by atoms with van der Waals surface area (Å²) >= 11 is 6.42. The highest BCUT2D eigenvalue weighted by molar-refractivity contribution is 6.32. The van der Waals surface area contributed by atoms with Gasteiger partial charge in [-0.15, -0.1) is 0 Å². The maximum absolute atomic E-state index is 6.42. The highest BCUT2D eigenvalue weighted by atomic mass is 35.5. The third-order valence-electron chi connectivity index (χ3n) is 4.95. The number of rotatable bonds is 6. The van der Waals surface area contributed by atoms with Crippen LogP contribution in [0.25, 0.3) is 0 Å². The first-order valence-electron chi connectivity index (χ1n) is 7.89. The molecular weight excluding hydrogens is 286 g/mol. The second-order valence-electron chi connectivity index (χ2n) is 6.44. The van der Waals surface area contributed by atoms with E-state index in [4.69, 9.17) is 26.8 Å². The first-order valence-corrected chi connectivity index (χ1v) is 8.27. The van der Waals surface area contributed by atoms with Gasteiger partial charge in [0.25, 0.3) is 0 Å². The van der Waals surface area contributed by atoms with Crippen molar-refractivity contribution in [2.75, 3.05) is 20.3 Å². The van der Waals surface area contributed by atoms with Crippen LogP contribution in [-0.2, 0) is 5.41 Å². The smallest absolute Gasteiger partial charge is 0.179 e. The lowest BCUT2D eigenvalue weighted by molar-refractivity contribution is 0.279. The lowest BCUT2D eigenvalue weighted by Crippen LogP contribution is -2.32. The highest BCUT2D eigenvalue weighted by Gasteiger charge is 2.35. The van der Waals surface area contributed by atoms with Crippen molar-refractivity contribution in [3.05, 3.63) is 22.7 Å². The molecule has 3 rings (SSSR count). The highest BCUT2D eigenvalue weighted by Crippen LogP contribution is 2.46. The van der Waals surface area contributed by atoms with Crippen LogP contribution in [0.4, 0.5) is 0 Å². The molecule has 21 heavy (non-hydrogen) atoms. The predicted molar refractivity (Wildman–Crippen MR) is 85.4 cm³/mol. The molecule has 0 amide bonds. The summed E-state index contributed by atoms with van der Waals surface area (Å²) in [5.74, 6) is 2.12. The first kappa shape index (κ1) is 15.0. The molecule has 2 aliphatic carbocycles. The molecule has 0 aromatic heterocycles. The Kier molecular flexibility index (Phi) is 4.32. The molecule has 2 saturated carbocycles. The fraction of sp³-hybridized carbons (Fsp3) is 0.647. The van der Waals surface area contributed by atoms with E-state index in [1.807, 2.05) is 6.07 Å². The van der Waals surface area contributed by atoms with Crippen molar-refractivity contribution < 1.29 is 9.47 Å². The van der Waals surface area contributed by atoms with Gasteiger partial charge in [0.2, 0.25) is 0 Å². The van der Waals surface area contributed by atoms with Crippen LogP contribution in [0, 0.1) is 5.92 Å². The molecule has 4 heteroatoms. The monoisotopic (exact) mass is 309 g/mol. The van der Waals surface area contributed by atoms with Crippen LogP contribution in [0.3, 0.4) is 0 Å². The van der Waals surface area contributed by atoms with E-state index in [1.165, 1.54) is 31.2 Å². The molecule has 0 atom stereocenters. The summed E-state index contributed by atoms with van der Waals surface area (Å²) in [7, 11) is 1.64. The van der Waals surface area contributed by atoms with Crippen molar-refractivity contribution in [3.63, 3.8) is 0 Å². The van der Waals surface area contributed by atoms with Gasteiger partial charge in [-0.1, -0.05) is 24.4 Å². The van der Waals surface area contributed by atoms with Gasteiger partial charge in [-0.05, 0) is 49.3 Å². The Bertz CT molecular complexity index is 508. The Morgan fingerprint density at radius 1 is 1.29 bits per heavy atom. The maximum atomic E-state index is 6.42. The van der Waals surface area contributed by atoms with E-state index in [0.29, 0.717) is 23.2 Å². The Morgan fingerprint density at radius 2 is 2.00 bits per heavy atom. The molecule has 0 heterocycles. The fourth-order valence-electron chi connectivity index (χ4n) is 3.33. The molecule has 2 fully saturated rings. The molecule has 1 aromatic carbocycles. The first-order chi connectivity index (χ1) is 10.2. The number of ether oxygens (including phenoxy) is 2. The second kappa shape index (κ2) is 6.05. The standard InChI is InChI=1S/C17H24ClNO2/c1-20-16-14(18)8-13(17(11-19)6-2-3-7-17)9-15(16)21-10-12-4-5-12/h8-9,12H,2-7,10-11,19H2,1H3. The number of nitrogens with two attached hydrogens (primary N) is 1. The molecule has 1 aromatic rings. The van der Waals surface area contributed by atoms with Crippen molar-refractivity contribution in [1.29, 1.82) is 0 Å². The Balaban J connectivity index is 1.92. The quantitative estimate of drug-likeness (QED) is 0.866. The molecule has 0 radical (unpaired) electrons. The molecule has 0 unspecified atom stereocenters. The summed E-state index contributed by atoms with van der Waals surface area (Å²) in [6.07, 6.45) is 7.27. The molecule has 0 saturated heterocycles. The van der Waals surface area contributed by atoms with E-state index in [2.05, 4.69) is 6.07 Å². The zero-order chi connectivity index (χ0) is 14.9. The van der Waals surface area contributed by atoms with Gasteiger partial charge in [0.1, 0.15) is 0 Å². The molecule has 116 valence electrons. The Morgan fingerprint density at radius 3 is 2.57 bits per heavy atom. The maximum Gasteiger partial charge on any atom is 0.179 e. The van der Waals surface area contributed by atoms with Crippen LogP contribution in [0.1, 0.15) is 44.1 Å². The van der Waals surface area contributed by atoms with Gasteiger partial charge in [0, 0.05) is 12.0 Å². The molecule has 0 spiro atoms. The Hall–Kier alpha value is -0.930. The number of methoxy groups -OCH3 is 1. The summed E-state index contributed by atoms with van der Waals surface area (Å²) < 4.78 is 11.4. The molecular formula is C17H24ClNO2. The average Bonchev–Trinajstić information content (AvgIpc) is 3.19. The van der Waals surface area contributed by atoms with E-state index in [1.54, 1.807) is 7.11 Å². The number of hydrogen-bond donors (Lipinski definition) is 1. The Labute approximate surface area is 131 Å². The zero-order valence-electron chi connectivity index (χ0n) is 12.7. The number of hydrogen-bond acceptors (Lipinski definition) is 3. The van der Waals surface area contributed by atoms with Gasteiger partial charge >= 0.3 is 0 Å². The van der Waals surface area contributed by atoms with Gasteiger partial charge < -0.3 is 15.2 Å². The SMILES string of the molecule is COc1c(Cl)cc(C2(CN)CCCC2)cc1OCC1CC1. The molecule has 3 nitrogen and oxygen atoms in total. The summed E-state index contributed by atoms with van der Waals surface area (Å²) in [6.45, 7) is 1.42. The van der Waals surface area contributed by atoms with Gasteiger partial charge in [-0.2, -0.15) is 0 Å². The summed E-state index contributed by atoms with van der Waals surface area (Å²) in [5.41, 5.74) is 7.36. The van der Waals surface area contributed by atoms with E-state index in [9.17, 15) is 0 Å². The summed E-state index contributed by atoms with van der Waals surface area (Å²) in [5, 5.41) is 0.625. The lowest BCUT2D eigenvalue weighted by atomic mass is 9.79. The second-order valence-corrected chi connectivity index (χ2v) is 6.84. The van der Waals surface area contributed by atoms with Crippen molar-refractivity contribution in [2.45, 2.75) is 43.9 Å². The topological polar surface area (TPSA) is 44.5 Å². The van der Waals surface area contributed by atoms with E-state index in [0.717, 1.165) is 25.2 Å². The third-order valence-corrected chi connectivity index (χ3v) is 5.23. The van der Waals surface area contributed by atoms with Crippen LogP contribution in [-0.4, -0.2) is 20.3 Å². The zero-order valence-corrected chi connectivity index (χ0v) is 13.4. The largest absolute Gasteiger partial charge is 0.491 e. The lowest BCUT2D eigenvalue weighted by Gasteiger charge is -2.29. The minimum absolute atomic E-state index is 0.0631. The van der Waals surface area contributed by atoms with Crippen molar-refractivity contribution >= 4 is 11.6 Å². The normalized spacial score (nSPS) is 20.5. The van der Waals surface area contributed by atoms with Crippen LogP contribution in [0.15, 0.2) is 12.1 Å². The third kappa shape index (κ3) is 3.00. The molecule has 2 aliphatic rings. The number of benzene rings is 1. The van der Waals surface area contributed by atoms with Crippen molar-refractivity contribution in [1.82, 2.24) is 0 Å². The van der Waals surface area contributed by atoms with Crippen molar-refractivity contribution in [3.8, 4) is 11.5 Å². The van der Waals surface area contributed by atoms with E-state index < -0.39 is 0 Å². The van der Waals surface area contributed by atoms with Crippen LogP contribution < -0.4 is 15.2 Å². The van der Waals surface area contributed by atoms with Crippen LogP contribution in [0.5, 0.6) is 11.5 Å². The van der Waals surface area contributed by atoms with Crippen LogP contribution in [0.2, 0.25) is 5.02 Å². The van der Waals surface area contributed by atoms with Gasteiger partial charge in [0.05, 0.1) is 18.7 Å². The summed E-state index contributed by atoms with van der Waals surface area (Å²) in [6, 6.07) is 4.12. The van der Waals surface area contributed by atoms with Gasteiger partial charge in [0.15, 0.2) is 11.5 Å².